The molecular weight excluding hydrogens is 569 g/mol. The van der Waals surface area contributed by atoms with Crippen LogP contribution in [0.3, 0.4) is 0 Å². The number of benzene rings is 2. The molecule has 2 amide bonds. The first-order chi connectivity index (χ1) is 20.5. The molecule has 4 N–H and O–H groups in total. The van der Waals surface area contributed by atoms with Crippen LogP contribution < -0.4 is 14.8 Å². The molecule has 2 aliphatic rings. The van der Waals surface area contributed by atoms with Crippen molar-refractivity contribution in [1.82, 2.24) is 10.2 Å². The van der Waals surface area contributed by atoms with Gasteiger partial charge in [-0.1, -0.05) is 26.2 Å². The third-order valence-corrected chi connectivity index (χ3v) is 7.83. The number of alkyl halides is 3. The van der Waals surface area contributed by atoms with Gasteiger partial charge in [0.2, 0.25) is 5.91 Å². The van der Waals surface area contributed by atoms with Gasteiger partial charge in [0.15, 0.2) is 11.5 Å². The number of nitrogens with zero attached hydrogens (tertiary/aromatic N) is 1. The number of carbonyl (C=O) groups is 2. The van der Waals surface area contributed by atoms with Gasteiger partial charge < -0.3 is 35.0 Å². The topological polar surface area (TPSA) is 129 Å². The van der Waals surface area contributed by atoms with Crippen LogP contribution in [0.5, 0.6) is 11.5 Å². The highest BCUT2D eigenvalue weighted by Gasteiger charge is 2.51. The Balaban J connectivity index is 1.78. The minimum absolute atomic E-state index is 0.00220. The summed E-state index contributed by atoms with van der Waals surface area (Å²) in [5.74, 6) is -1.34. The van der Waals surface area contributed by atoms with Crippen molar-refractivity contribution in [2.75, 3.05) is 26.8 Å². The lowest BCUT2D eigenvalue weighted by molar-refractivity contribution is -0.137. The Morgan fingerprint density at radius 1 is 1.09 bits per heavy atom. The van der Waals surface area contributed by atoms with Gasteiger partial charge in [0, 0.05) is 29.8 Å². The molecule has 43 heavy (non-hydrogen) atoms. The zero-order valence-corrected chi connectivity index (χ0v) is 24.1. The first kappa shape index (κ1) is 32.3. The Hall–Kier alpha value is -3.61. The van der Waals surface area contributed by atoms with Gasteiger partial charge in [0.1, 0.15) is 12.2 Å². The maximum atomic E-state index is 13.8. The van der Waals surface area contributed by atoms with Crippen molar-refractivity contribution in [1.29, 1.82) is 0 Å². The maximum Gasteiger partial charge on any atom is 0.416 e. The molecule has 9 nitrogen and oxygen atoms in total. The Kier molecular flexibility index (Phi) is 10.4. The number of ether oxygens (including phenoxy) is 2. The van der Waals surface area contributed by atoms with Crippen LogP contribution in [0.15, 0.2) is 48.0 Å². The Labute approximate surface area is 247 Å². The maximum absolute atomic E-state index is 13.8. The number of fused-ring (bicyclic) bond motifs is 3. The molecule has 1 aliphatic heterocycles. The lowest BCUT2D eigenvalue weighted by Gasteiger charge is -2.40. The predicted octanol–water partition coefficient (Wildman–Crippen LogP) is 3.55. The van der Waals surface area contributed by atoms with Crippen LogP contribution in [0.4, 0.5) is 13.2 Å². The fourth-order valence-electron chi connectivity index (χ4n) is 5.68. The molecule has 4 atom stereocenters. The van der Waals surface area contributed by atoms with E-state index >= 15 is 0 Å². The summed E-state index contributed by atoms with van der Waals surface area (Å²) in [4.78, 5) is 28.7. The number of hydrogen-bond acceptors (Lipinski definition) is 7. The van der Waals surface area contributed by atoms with E-state index in [0.717, 1.165) is 43.5 Å². The number of nitrogens with one attached hydrogen (secondary N) is 1. The van der Waals surface area contributed by atoms with Gasteiger partial charge in [-0.2, -0.15) is 13.2 Å². The lowest BCUT2D eigenvalue weighted by Crippen LogP contribution is -2.56. The summed E-state index contributed by atoms with van der Waals surface area (Å²) >= 11 is 0. The average molecular weight is 607 g/mol. The molecule has 2 aromatic carbocycles. The number of rotatable bonds is 12. The molecule has 0 fully saturated rings. The van der Waals surface area contributed by atoms with Gasteiger partial charge in [-0.15, -0.1) is 0 Å². The van der Waals surface area contributed by atoms with Crippen molar-refractivity contribution in [3.8, 4) is 11.5 Å². The summed E-state index contributed by atoms with van der Waals surface area (Å²) in [7, 11) is 1.42. The quantitative estimate of drug-likeness (QED) is 0.272. The number of hydrogen-bond donors (Lipinski definition) is 4. The highest BCUT2D eigenvalue weighted by Crippen LogP contribution is 2.51. The zero-order valence-electron chi connectivity index (χ0n) is 24.1. The number of methoxy groups -OCH3 is 1. The van der Waals surface area contributed by atoms with Crippen molar-refractivity contribution in [3.63, 3.8) is 0 Å². The zero-order chi connectivity index (χ0) is 31.3. The van der Waals surface area contributed by atoms with Crippen LogP contribution in [-0.4, -0.2) is 77.1 Å². The minimum Gasteiger partial charge on any atom is -0.493 e. The molecule has 2 aromatic rings. The van der Waals surface area contributed by atoms with Gasteiger partial charge in [0.25, 0.3) is 5.91 Å². The van der Waals surface area contributed by atoms with Gasteiger partial charge in [-0.3, -0.25) is 9.59 Å². The standard InChI is InChI=1S/C31H37F3N2O7/c1-3-4-5-6-12-36(30(41)19-7-9-20(10-8-19)31(32,33)34)23-16-22(29(40)35-11-13-37)25-21-14-18(17-38)15-24(42-2)27(21)43-28(25)26(23)39/h7-10,14-16,23,25-26,28,37-39H,3-6,11-13,17H2,1-2H3,(H,35,40). The molecule has 0 aromatic heterocycles. The van der Waals surface area contributed by atoms with Crippen LogP contribution in [0.25, 0.3) is 0 Å². The number of amides is 2. The third kappa shape index (κ3) is 6.81. The predicted molar refractivity (Wildman–Crippen MR) is 151 cm³/mol. The molecule has 4 rings (SSSR count). The van der Waals surface area contributed by atoms with Crippen molar-refractivity contribution in [2.24, 2.45) is 0 Å². The van der Waals surface area contributed by atoms with Gasteiger partial charge in [-0.25, -0.2) is 0 Å². The fraction of sp³-hybridized carbons (Fsp3) is 0.484. The van der Waals surface area contributed by atoms with Crippen LogP contribution >= 0.6 is 0 Å². The number of carbonyl (C=O) groups excluding carboxylic acids is 2. The molecule has 234 valence electrons. The molecule has 0 saturated heterocycles. The van der Waals surface area contributed by atoms with Crippen LogP contribution in [0.2, 0.25) is 0 Å². The molecule has 12 heteroatoms. The Morgan fingerprint density at radius 2 is 1.81 bits per heavy atom. The number of aliphatic hydroxyl groups excluding tert-OH is 3. The molecule has 1 heterocycles. The minimum atomic E-state index is -4.57. The summed E-state index contributed by atoms with van der Waals surface area (Å²) < 4.78 is 51.2. The van der Waals surface area contributed by atoms with E-state index in [2.05, 4.69) is 5.32 Å². The van der Waals surface area contributed by atoms with E-state index in [0.29, 0.717) is 29.0 Å². The molecular formula is C31H37F3N2O7. The second-order valence-electron chi connectivity index (χ2n) is 10.7. The van der Waals surface area contributed by atoms with E-state index in [1.165, 1.54) is 18.1 Å². The first-order valence-electron chi connectivity index (χ1n) is 14.3. The second-order valence-corrected chi connectivity index (χ2v) is 10.7. The van der Waals surface area contributed by atoms with Crippen molar-refractivity contribution >= 4 is 11.8 Å². The van der Waals surface area contributed by atoms with E-state index in [1.54, 1.807) is 12.1 Å². The monoisotopic (exact) mass is 606 g/mol. The number of aliphatic hydroxyl groups is 3. The van der Waals surface area contributed by atoms with Crippen LogP contribution in [0.1, 0.15) is 65.6 Å². The molecule has 0 spiro atoms. The summed E-state index contributed by atoms with van der Waals surface area (Å²) in [6.45, 7) is 1.53. The molecule has 0 saturated carbocycles. The van der Waals surface area contributed by atoms with Crippen molar-refractivity contribution in [2.45, 2.75) is 69.6 Å². The average Bonchev–Trinajstić information content (AvgIpc) is 3.39. The fourth-order valence-corrected chi connectivity index (χ4v) is 5.68. The largest absolute Gasteiger partial charge is 0.493 e. The number of unbranched alkanes of at least 4 members (excludes halogenated alkanes) is 3. The SMILES string of the molecule is CCCCCCN(C(=O)c1ccc(C(F)(F)F)cc1)C1C=C(C(=O)NCCO)C2c3cc(CO)cc(OC)c3OC2C1O. The summed E-state index contributed by atoms with van der Waals surface area (Å²) in [6, 6.07) is 6.06. The summed E-state index contributed by atoms with van der Waals surface area (Å²) in [6.07, 6.45) is -2.26. The first-order valence-corrected chi connectivity index (χ1v) is 14.3. The van der Waals surface area contributed by atoms with Crippen molar-refractivity contribution < 1.29 is 47.6 Å². The van der Waals surface area contributed by atoms with E-state index in [-0.39, 0.29) is 37.4 Å². The highest BCUT2D eigenvalue weighted by atomic mass is 19.4. The Bertz CT molecular complexity index is 1330. The smallest absolute Gasteiger partial charge is 0.416 e. The lowest BCUT2D eigenvalue weighted by atomic mass is 9.77. The van der Waals surface area contributed by atoms with Gasteiger partial charge in [0.05, 0.1) is 37.8 Å². The number of halogens is 3. The second kappa shape index (κ2) is 13.8. The van der Waals surface area contributed by atoms with E-state index in [9.17, 15) is 38.1 Å². The highest BCUT2D eigenvalue weighted by molar-refractivity contribution is 5.97. The third-order valence-electron chi connectivity index (χ3n) is 7.83. The molecule has 0 bridgehead atoms. The molecule has 4 unspecified atom stereocenters. The normalized spacial score (nSPS) is 20.9. The summed E-state index contributed by atoms with van der Waals surface area (Å²) in [5, 5.41) is 33.5. The summed E-state index contributed by atoms with van der Waals surface area (Å²) in [5.41, 5.74) is 0.308. The van der Waals surface area contributed by atoms with Gasteiger partial charge >= 0.3 is 6.18 Å². The molecule has 0 radical (unpaired) electrons. The van der Waals surface area contributed by atoms with E-state index in [1.807, 2.05) is 6.92 Å². The van der Waals surface area contributed by atoms with Crippen LogP contribution in [-0.2, 0) is 17.6 Å². The molecule has 1 aliphatic carbocycles. The van der Waals surface area contributed by atoms with Gasteiger partial charge in [-0.05, 0) is 54.5 Å². The van der Waals surface area contributed by atoms with Crippen molar-refractivity contribution in [3.05, 3.63) is 70.3 Å². The van der Waals surface area contributed by atoms with E-state index < -0.39 is 47.7 Å². The van der Waals surface area contributed by atoms with E-state index in [4.69, 9.17) is 9.47 Å². The Morgan fingerprint density at radius 3 is 2.42 bits per heavy atom. The van der Waals surface area contributed by atoms with Crippen LogP contribution in [0, 0.1) is 0 Å².